The minimum atomic E-state index is -0.658. The lowest BCUT2D eigenvalue weighted by Gasteiger charge is -2.22. The number of hydrogen-bond donors (Lipinski definition) is 1. The van der Waals surface area contributed by atoms with Crippen molar-refractivity contribution in [3.63, 3.8) is 0 Å². The van der Waals surface area contributed by atoms with Crippen molar-refractivity contribution in [3.8, 4) is 17.2 Å². The molecule has 2 atom stereocenters. The normalized spacial score (nSPS) is 13.1. The Kier molecular flexibility index (Phi) is 7.46. The molecule has 1 amide bonds. The zero-order valence-electron chi connectivity index (χ0n) is 18.8. The zero-order valence-corrected chi connectivity index (χ0v) is 18.8. The molecule has 8 heteroatoms. The third-order valence-electron chi connectivity index (χ3n) is 5.59. The molecule has 0 bridgehead atoms. The summed E-state index contributed by atoms with van der Waals surface area (Å²) >= 11 is 0. The van der Waals surface area contributed by atoms with Crippen molar-refractivity contribution in [2.45, 2.75) is 25.5 Å². The molecule has 1 N–H and O–H groups in total. The monoisotopic (exact) mass is 436 g/mol. The van der Waals surface area contributed by atoms with Gasteiger partial charge in [0.2, 0.25) is 0 Å². The van der Waals surface area contributed by atoms with Gasteiger partial charge in [0.15, 0.2) is 5.58 Å². The highest BCUT2D eigenvalue weighted by molar-refractivity contribution is 5.82. The number of fused-ring (bicyclic) bond motifs is 1. The van der Waals surface area contributed by atoms with Crippen molar-refractivity contribution in [2.24, 2.45) is 7.05 Å². The van der Waals surface area contributed by atoms with Gasteiger partial charge in [0, 0.05) is 27.1 Å². The average Bonchev–Trinajstić information content (AvgIpc) is 3.09. The van der Waals surface area contributed by atoms with Crippen molar-refractivity contribution in [1.82, 2.24) is 14.8 Å². The summed E-state index contributed by atoms with van der Waals surface area (Å²) in [5.74, 6) is -0.691. The van der Waals surface area contributed by atoms with E-state index in [1.807, 2.05) is 55.3 Å². The number of benzene rings is 2. The Morgan fingerprint density at radius 1 is 1.25 bits per heavy atom. The fourth-order valence-electron chi connectivity index (χ4n) is 3.45. The molecule has 3 rings (SSSR count). The summed E-state index contributed by atoms with van der Waals surface area (Å²) in [6.07, 6.45) is -0.246. The zero-order chi connectivity index (χ0) is 23.3. The summed E-state index contributed by atoms with van der Waals surface area (Å²) in [6.45, 7) is 3.25. The number of likely N-dealkylation sites (N-methyl/N-ethyl adjacent to an activating group) is 1. The molecule has 0 spiro atoms. The van der Waals surface area contributed by atoms with E-state index in [9.17, 15) is 14.9 Å². The minimum absolute atomic E-state index is 0.296. The van der Waals surface area contributed by atoms with Gasteiger partial charge in [0.05, 0.1) is 11.6 Å². The van der Waals surface area contributed by atoms with Crippen LogP contribution in [-0.4, -0.2) is 54.8 Å². The van der Waals surface area contributed by atoms with Gasteiger partial charge in [-0.15, -0.1) is 0 Å². The van der Waals surface area contributed by atoms with Gasteiger partial charge in [0.25, 0.3) is 5.91 Å². The van der Waals surface area contributed by atoms with Gasteiger partial charge < -0.3 is 19.4 Å². The number of rotatable bonds is 9. The summed E-state index contributed by atoms with van der Waals surface area (Å²) in [5, 5.41) is 12.3. The Bertz CT molecular complexity index is 1170. The average molecular weight is 437 g/mol. The number of nitriles is 1. The largest absolute Gasteiger partial charge is 0.419 e. The highest BCUT2D eigenvalue weighted by Gasteiger charge is 2.22. The van der Waals surface area contributed by atoms with E-state index < -0.39 is 17.9 Å². The van der Waals surface area contributed by atoms with E-state index in [0.29, 0.717) is 18.5 Å². The molecule has 168 valence electrons. The number of aromatic nitrogens is 1. The van der Waals surface area contributed by atoms with Crippen molar-refractivity contribution < 1.29 is 13.9 Å². The van der Waals surface area contributed by atoms with E-state index in [4.69, 9.17) is 9.15 Å². The van der Waals surface area contributed by atoms with E-state index in [0.717, 1.165) is 28.8 Å². The third-order valence-corrected chi connectivity index (χ3v) is 5.59. The van der Waals surface area contributed by atoms with Crippen LogP contribution in [-0.2, 0) is 23.0 Å². The van der Waals surface area contributed by atoms with Crippen molar-refractivity contribution >= 4 is 17.0 Å². The molecule has 0 aliphatic rings. The van der Waals surface area contributed by atoms with E-state index >= 15 is 0 Å². The molecular weight excluding hydrogens is 408 g/mol. The van der Waals surface area contributed by atoms with Crippen molar-refractivity contribution in [3.05, 3.63) is 58.6 Å². The highest BCUT2D eigenvalue weighted by atomic mass is 16.5. The van der Waals surface area contributed by atoms with Gasteiger partial charge in [-0.3, -0.25) is 9.36 Å². The summed E-state index contributed by atoms with van der Waals surface area (Å²) < 4.78 is 11.9. The quantitative estimate of drug-likeness (QED) is 0.553. The predicted octanol–water partition coefficient (Wildman–Crippen LogP) is 2.32. The van der Waals surface area contributed by atoms with Crippen LogP contribution >= 0.6 is 0 Å². The van der Waals surface area contributed by atoms with Gasteiger partial charge in [-0.25, -0.2) is 4.79 Å². The molecule has 0 unspecified atom stereocenters. The molecule has 1 heterocycles. The van der Waals surface area contributed by atoms with E-state index in [1.165, 1.54) is 11.7 Å². The van der Waals surface area contributed by atoms with Crippen LogP contribution in [0, 0.1) is 11.3 Å². The molecule has 32 heavy (non-hydrogen) atoms. The van der Waals surface area contributed by atoms with Crippen LogP contribution in [0.15, 0.2) is 51.7 Å². The maximum Gasteiger partial charge on any atom is 0.419 e. The number of nitrogens with one attached hydrogen (secondary N) is 1. The Hall–Kier alpha value is -3.41. The highest BCUT2D eigenvalue weighted by Crippen LogP contribution is 2.24. The molecule has 0 aliphatic heterocycles. The number of ether oxygens (including phenoxy) is 1. The lowest BCUT2D eigenvalue weighted by atomic mass is 10.0. The number of carbonyl (C=O) groups excluding carboxylic acids is 1. The van der Waals surface area contributed by atoms with Crippen LogP contribution in [0.5, 0.6) is 0 Å². The van der Waals surface area contributed by atoms with Crippen LogP contribution in [0.25, 0.3) is 22.2 Å². The predicted molar refractivity (Wildman–Crippen MR) is 122 cm³/mol. The Morgan fingerprint density at radius 3 is 2.56 bits per heavy atom. The number of oxazole rings is 1. The second-order valence-corrected chi connectivity index (χ2v) is 7.78. The Balaban J connectivity index is 1.69. The first-order chi connectivity index (χ1) is 15.4. The lowest BCUT2D eigenvalue weighted by Crippen LogP contribution is -2.46. The number of carbonyl (C=O) groups is 1. The molecule has 0 fully saturated rings. The molecule has 2 aromatic carbocycles. The molecule has 0 aliphatic carbocycles. The summed E-state index contributed by atoms with van der Waals surface area (Å²) in [4.78, 5) is 26.2. The number of amides is 1. The maximum atomic E-state index is 12.5. The minimum Gasteiger partial charge on any atom is -0.408 e. The van der Waals surface area contributed by atoms with Gasteiger partial charge in [-0.2, -0.15) is 5.26 Å². The number of hydrogen-bond acceptors (Lipinski definition) is 6. The first-order valence-corrected chi connectivity index (χ1v) is 10.5. The van der Waals surface area contributed by atoms with E-state index in [-0.39, 0.29) is 5.91 Å². The third kappa shape index (κ3) is 5.25. The first kappa shape index (κ1) is 23.3. The van der Waals surface area contributed by atoms with E-state index in [2.05, 4.69) is 11.4 Å². The van der Waals surface area contributed by atoms with Gasteiger partial charge >= 0.3 is 5.76 Å². The standard InChI is InChI=1S/C24H28N4O4/c1-5-27(2)15-22(31-4)23(29)26-19(14-25)12-16-6-8-17(9-7-16)18-10-11-21-20(13-18)28(3)24(30)32-21/h6-11,13,19,22H,5,12,15H2,1-4H3,(H,26,29)/t19-,22-/m0/s1. The molecule has 3 aromatic rings. The summed E-state index contributed by atoms with van der Waals surface area (Å²) in [5.41, 5.74) is 4.13. The molecule has 1 aromatic heterocycles. The lowest BCUT2D eigenvalue weighted by molar-refractivity contribution is -0.132. The first-order valence-electron chi connectivity index (χ1n) is 10.5. The fraction of sp³-hybridized carbons (Fsp3) is 0.375. The topological polar surface area (TPSA) is 100 Å². The molecule has 0 radical (unpaired) electrons. The van der Waals surface area contributed by atoms with Crippen LogP contribution < -0.4 is 11.1 Å². The van der Waals surface area contributed by atoms with Crippen LogP contribution in [0.4, 0.5) is 0 Å². The van der Waals surface area contributed by atoms with Gasteiger partial charge in [-0.05, 0) is 42.4 Å². The van der Waals surface area contributed by atoms with Crippen molar-refractivity contribution in [2.75, 3.05) is 27.2 Å². The Labute approximate surface area is 187 Å². The molecule has 0 saturated carbocycles. The van der Waals surface area contributed by atoms with Gasteiger partial charge in [-0.1, -0.05) is 37.3 Å². The van der Waals surface area contributed by atoms with Crippen LogP contribution in [0.2, 0.25) is 0 Å². The summed E-state index contributed by atoms with van der Waals surface area (Å²) in [7, 11) is 5.07. The van der Waals surface area contributed by atoms with Crippen molar-refractivity contribution in [1.29, 1.82) is 5.26 Å². The van der Waals surface area contributed by atoms with Crippen LogP contribution in [0.3, 0.4) is 0 Å². The van der Waals surface area contributed by atoms with Gasteiger partial charge in [0.1, 0.15) is 12.1 Å². The number of methoxy groups -OCH3 is 1. The number of aryl methyl sites for hydroxylation is 1. The molecular formula is C24H28N4O4. The number of nitrogens with zero attached hydrogens (tertiary/aromatic N) is 3. The van der Waals surface area contributed by atoms with E-state index in [1.54, 1.807) is 13.1 Å². The summed E-state index contributed by atoms with van der Waals surface area (Å²) in [6, 6.07) is 14.9. The maximum absolute atomic E-state index is 12.5. The van der Waals surface area contributed by atoms with Crippen LogP contribution in [0.1, 0.15) is 12.5 Å². The molecule has 8 nitrogen and oxygen atoms in total. The fourth-order valence-corrected chi connectivity index (χ4v) is 3.45. The smallest absolute Gasteiger partial charge is 0.408 e. The SMILES string of the molecule is CCN(C)C[C@H](OC)C(=O)N[C@H](C#N)Cc1ccc(-c2ccc3oc(=O)n(C)c3c2)cc1. The Morgan fingerprint density at radius 2 is 1.94 bits per heavy atom. The second-order valence-electron chi connectivity index (χ2n) is 7.78. The second kappa shape index (κ2) is 10.3. The molecule has 0 saturated heterocycles.